The zero-order chi connectivity index (χ0) is 47.7. The van der Waals surface area contributed by atoms with Gasteiger partial charge in [0.1, 0.15) is 65.2 Å². The Morgan fingerprint density at radius 1 is 0.985 bits per heavy atom. The van der Waals surface area contributed by atoms with Crippen LogP contribution in [0.3, 0.4) is 0 Å². The van der Waals surface area contributed by atoms with Crippen molar-refractivity contribution >= 4 is 38.6 Å². The first-order valence-electron chi connectivity index (χ1n) is 23.7. The van der Waals surface area contributed by atoms with E-state index in [1.165, 1.54) is 36.4 Å². The summed E-state index contributed by atoms with van der Waals surface area (Å²) in [5.41, 5.74) is -0.610. The first kappa shape index (κ1) is 46.0. The molecule has 1 saturated heterocycles. The van der Waals surface area contributed by atoms with Gasteiger partial charge in [0.15, 0.2) is 16.8 Å². The summed E-state index contributed by atoms with van der Waals surface area (Å²) in [5.74, 6) is 0.615. The van der Waals surface area contributed by atoms with E-state index < -0.39 is 60.7 Å². The van der Waals surface area contributed by atoms with Gasteiger partial charge in [0.05, 0.1) is 22.9 Å². The molecular formula is C52H59N3O13. The molecule has 10 rings (SSSR count). The molecule has 2 aliphatic carbocycles. The molecule has 2 fully saturated rings. The minimum absolute atomic E-state index is 0.0386. The summed E-state index contributed by atoms with van der Waals surface area (Å²) in [6.45, 7) is 2.60. The molecule has 4 aliphatic rings. The molecule has 1 saturated carbocycles. The predicted molar refractivity (Wildman–Crippen MR) is 251 cm³/mol. The minimum Gasteiger partial charge on any atom is -0.508 e. The Morgan fingerprint density at radius 3 is 2.57 bits per heavy atom. The normalized spacial score (nSPS) is 24.6. The van der Waals surface area contributed by atoms with Crippen LogP contribution in [0.2, 0.25) is 0 Å². The predicted octanol–water partition coefficient (Wildman–Crippen LogP) is 5.20. The van der Waals surface area contributed by atoms with Crippen molar-refractivity contribution in [3.05, 3.63) is 106 Å². The van der Waals surface area contributed by atoms with E-state index in [1.54, 1.807) is 13.0 Å². The van der Waals surface area contributed by atoms with Crippen LogP contribution in [0.25, 0.3) is 38.3 Å². The van der Waals surface area contributed by atoms with Crippen LogP contribution in [0.4, 0.5) is 0 Å². The van der Waals surface area contributed by atoms with Crippen LogP contribution in [-0.2, 0) is 33.8 Å². The van der Waals surface area contributed by atoms with Gasteiger partial charge in [0.25, 0.3) is 0 Å². The fourth-order valence-electron chi connectivity index (χ4n) is 12.0. The third kappa shape index (κ3) is 7.66. The number of amides is 1. The lowest BCUT2D eigenvalue weighted by molar-refractivity contribution is -0.373. The lowest BCUT2D eigenvalue weighted by Crippen LogP contribution is -2.58. The molecule has 0 bridgehead atoms. The number of nitrogens with one attached hydrogen (secondary N) is 2. The number of aromatic hydroxyl groups is 2. The first-order chi connectivity index (χ1) is 32.7. The van der Waals surface area contributed by atoms with Gasteiger partial charge in [-0.25, -0.2) is 9.78 Å². The number of hydrogen-bond donors (Lipinski definition) is 9. The maximum atomic E-state index is 13.9. The van der Waals surface area contributed by atoms with Crippen molar-refractivity contribution in [2.75, 3.05) is 19.8 Å². The number of phenolic OH excluding ortho intramolecular Hbond substituents is 2. The summed E-state index contributed by atoms with van der Waals surface area (Å²) in [5, 5.41) is 81.6. The van der Waals surface area contributed by atoms with Crippen molar-refractivity contribution in [3.8, 4) is 22.9 Å². The molecule has 2 aliphatic heterocycles. The van der Waals surface area contributed by atoms with E-state index in [4.69, 9.17) is 18.9 Å². The summed E-state index contributed by atoms with van der Waals surface area (Å²) in [7, 11) is 0. The highest BCUT2D eigenvalue weighted by Crippen LogP contribution is 2.54. The first-order valence-corrected chi connectivity index (χ1v) is 23.7. The molecule has 16 heteroatoms. The zero-order valence-corrected chi connectivity index (χ0v) is 38.1. The average molecular weight is 934 g/mol. The summed E-state index contributed by atoms with van der Waals surface area (Å²) < 4.78 is 16.0. The molecule has 6 aromatic rings. The number of aromatic nitrogens is 2. The van der Waals surface area contributed by atoms with Gasteiger partial charge in [-0.1, -0.05) is 44.4 Å². The highest BCUT2D eigenvalue weighted by molar-refractivity contribution is 5.93. The number of aryl methyl sites for hydroxylation is 2. The van der Waals surface area contributed by atoms with E-state index in [0.717, 1.165) is 48.7 Å². The number of aliphatic hydroxyl groups is 5. The molecule has 5 heterocycles. The van der Waals surface area contributed by atoms with Gasteiger partial charge in [0, 0.05) is 66.3 Å². The number of rotatable bonds is 13. The lowest BCUT2D eigenvalue weighted by Gasteiger charge is -2.49. The second-order valence-corrected chi connectivity index (χ2v) is 19.6. The van der Waals surface area contributed by atoms with Crippen molar-refractivity contribution in [1.82, 2.24) is 14.9 Å². The highest BCUT2D eigenvalue weighted by atomic mass is 17.2. The molecule has 1 amide bonds. The average Bonchev–Trinajstić information content (AvgIpc) is 4.02. The van der Waals surface area contributed by atoms with Crippen LogP contribution >= 0.6 is 0 Å². The van der Waals surface area contributed by atoms with Crippen LogP contribution in [0, 0.1) is 24.2 Å². The van der Waals surface area contributed by atoms with E-state index in [0.29, 0.717) is 75.9 Å². The van der Waals surface area contributed by atoms with Crippen LogP contribution in [0.15, 0.2) is 82.3 Å². The van der Waals surface area contributed by atoms with Crippen molar-refractivity contribution < 1.29 is 59.5 Å². The monoisotopic (exact) mass is 933 g/mol. The molecule has 8 unspecified atom stereocenters. The minimum atomic E-state index is -2.42. The van der Waals surface area contributed by atoms with Crippen LogP contribution < -0.4 is 15.5 Å². The number of ether oxygens (including phenoxy) is 1. The van der Waals surface area contributed by atoms with Gasteiger partial charge < -0.3 is 59.8 Å². The molecule has 9 N–H and O–H groups in total. The van der Waals surface area contributed by atoms with Crippen molar-refractivity contribution in [2.24, 2.45) is 17.3 Å². The fourth-order valence-corrected chi connectivity index (χ4v) is 12.0. The Kier molecular flexibility index (Phi) is 12.0. The summed E-state index contributed by atoms with van der Waals surface area (Å²) in [6.07, 6.45) is 6.83. The maximum Gasteiger partial charge on any atom is 0.226 e. The number of carbonyl (C=O) groups excluding carboxylic acids is 1. The van der Waals surface area contributed by atoms with Crippen molar-refractivity contribution in [1.29, 1.82) is 0 Å². The van der Waals surface area contributed by atoms with E-state index in [2.05, 4.69) is 29.4 Å². The van der Waals surface area contributed by atoms with Gasteiger partial charge >= 0.3 is 0 Å². The molecule has 16 nitrogen and oxygen atoms in total. The Morgan fingerprint density at radius 2 is 1.79 bits per heavy atom. The van der Waals surface area contributed by atoms with Crippen LogP contribution in [0.5, 0.6) is 17.2 Å². The molecule has 2 spiro atoms. The largest absolute Gasteiger partial charge is 0.508 e. The number of benzene rings is 3. The Hall–Kier alpha value is -5.72. The molecule has 3 aromatic carbocycles. The quantitative estimate of drug-likeness (QED) is 0.0411. The Balaban J connectivity index is 1.07. The topological polar surface area (TPSA) is 249 Å². The maximum absolute atomic E-state index is 13.9. The number of carbonyl (C=O) groups is 1. The Bertz CT molecular complexity index is 2990. The van der Waals surface area contributed by atoms with Gasteiger partial charge in [-0.2, -0.15) is 0 Å². The SMILES string of the molecule is CCc1c2cc[nH]c2cn1-c1c2c(cc3c(=O)cc(C)oc13)CC(OOCC(O)(Cc1ccc(O)c3ccc(O)cc13)C(O)C(O)C(O)CO)C1(CC=CC(C3CNC(=O)C34CCCCC4)C1)O2. The van der Waals surface area contributed by atoms with E-state index >= 15 is 0 Å². The van der Waals surface area contributed by atoms with Crippen LogP contribution in [-0.4, -0.2) is 107 Å². The standard InChI is InChI=1S/C52H59N3O13/c1-3-39-34-13-17-53-38(34)25-55(39)44-46-31(19-36-41(59)18-28(2)66-47(36)44)20-43(52(67-46)16-7-8-30(23-52)37-24-54-49(63)50(37)14-5-4-6-15-50)68-65-27-51(64,48(62)45(61)42(60)26-56)22-29-9-12-40(58)33-11-10-32(57)21-35(29)33/h7-13,17-19,21,25,30,37,42-43,45,48,53,56-58,60-62,64H,3-6,14-16,20,22-24,26-27H2,1-2H3,(H,54,63). The zero-order valence-electron chi connectivity index (χ0n) is 38.1. The van der Waals surface area contributed by atoms with Gasteiger partial charge in [-0.3, -0.25) is 9.59 Å². The molecule has 3 aromatic heterocycles. The highest BCUT2D eigenvalue weighted by Gasteiger charge is 2.57. The third-order valence-electron chi connectivity index (χ3n) is 15.5. The molecule has 360 valence electrons. The summed E-state index contributed by atoms with van der Waals surface area (Å²) in [4.78, 5) is 43.5. The van der Waals surface area contributed by atoms with Crippen LogP contribution in [0.1, 0.15) is 74.5 Å². The summed E-state index contributed by atoms with van der Waals surface area (Å²) >= 11 is 0. The van der Waals surface area contributed by atoms with Gasteiger partial charge in [-0.15, -0.1) is 0 Å². The lowest BCUT2D eigenvalue weighted by atomic mass is 9.60. The molecular weight excluding hydrogens is 875 g/mol. The number of hydrogen-bond acceptors (Lipinski definition) is 13. The molecule has 68 heavy (non-hydrogen) atoms. The number of phenols is 2. The number of H-pyrrole nitrogens is 1. The van der Waals surface area contributed by atoms with Crippen molar-refractivity contribution in [2.45, 2.75) is 114 Å². The number of aliphatic hydroxyl groups excluding tert-OH is 4. The second-order valence-electron chi connectivity index (χ2n) is 19.6. The number of aromatic amines is 1. The van der Waals surface area contributed by atoms with Crippen molar-refractivity contribution in [3.63, 3.8) is 0 Å². The number of nitrogens with zero attached hydrogens (tertiary/aromatic N) is 1. The molecule has 0 radical (unpaired) electrons. The third-order valence-corrected chi connectivity index (χ3v) is 15.5. The van der Waals surface area contributed by atoms with E-state index in [9.17, 15) is 45.3 Å². The van der Waals surface area contributed by atoms with Gasteiger partial charge in [-0.05, 0) is 91.8 Å². The smallest absolute Gasteiger partial charge is 0.226 e. The molecule has 8 atom stereocenters. The summed E-state index contributed by atoms with van der Waals surface area (Å²) in [6, 6.07) is 12.4. The number of fused-ring (bicyclic) bond motifs is 4. The van der Waals surface area contributed by atoms with E-state index in [-0.39, 0.29) is 41.1 Å². The number of allylic oxidation sites excluding steroid dienone is 1. The van der Waals surface area contributed by atoms with Gasteiger partial charge in [0.2, 0.25) is 5.91 Å². The second kappa shape index (κ2) is 17.7. The van der Waals surface area contributed by atoms with E-state index in [1.807, 2.05) is 23.0 Å². The Labute approximate surface area is 391 Å². The fraction of sp³-hybridized carbons (Fsp3) is 0.462.